The number of hydrogen-bond acceptors (Lipinski definition) is 3. The molecule has 0 aromatic carbocycles. The molecule has 13 heavy (non-hydrogen) atoms. The Bertz CT molecular complexity index is 202. The van der Waals surface area contributed by atoms with Gasteiger partial charge in [0, 0.05) is 6.61 Å². The summed E-state index contributed by atoms with van der Waals surface area (Å²) in [5, 5.41) is 2.27. The zero-order valence-corrected chi connectivity index (χ0v) is 9.84. The van der Waals surface area contributed by atoms with Crippen molar-refractivity contribution >= 4 is 16.3 Å². The highest BCUT2D eigenvalue weighted by atomic mass is 28.1. The van der Waals surface area contributed by atoms with E-state index in [4.69, 9.17) is 4.74 Å². The second kappa shape index (κ2) is 4.43. The van der Waals surface area contributed by atoms with Gasteiger partial charge in [-0.2, -0.15) is 0 Å². The molecule has 5 heteroatoms. The highest BCUT2D eigenvalue weighted by Gasteiger charge is 2.29. The molecule has 1 aliphatic heterocycles. The first kappa shape index (κ1) is 10.3. The van der Waals surface area contributed by atoms with E-state index < -0.39 is 11.4 Å². The number of nitrogens with one attached hydrogen (secondary N) is 1. The summed E-state index contributed by atoms with van der Waals surface area (Å²) in [7, 11) is 0.767. The molecule has 1 saturated heterocycles. The van der Waals surface area contributed by atoms with Crippen LogP contribution in [0.2, 0.25) is 0 Å². The van der Waals surface area contributed by atoms with Crippen LogP contribution in [-0.2, 0) is 9.47 Å². The summed E-state index contributed by atoms with van der Waals surface area (Å²) >= 11 is 0. The van der Waals surface area contributed by atoms with Crippen molar-refractivity contribution in [2.24, 2.45) is 0 Å². The molecule has 0 saturated carbocycles. The maximum Gasteiger partial charge on any atom is 0.413 e. The zero-order chi connectivity index (χ0) is 9.73. The number of alkyl carbamates (subject to hydrolysis) is 1. The maximum atomic E-state index is 11.1. The Kier molecular flexibility index (Phi) is 3.50. The Morgan fingerprint density at radius 1 is 1.69 bits per heavy atom. The van der Waals surface area contributed by atoms with E-state index >= 15 is 0 Å². The first-order valence-corrected chi connectivity index (χ1v) is 5.40. The SMILES string of the molecule is C=COC(=O)NC1([SiH3])CCCCO1. The van der Waals surface area contributed by atoms with Crippen molar-refractivity contribution in [3.8, 4) is 0 Å². The lowest BCUT2D eigenvalue weighted by molar-refractivity contribution is -0.0358. The summed E-state index contributed by atoms with van der Waals surface area (Å²) in [6, 6.07) is 0. The van der Waals surface area contributed by atoms with Crippen LogP contribution in [0.5, 0.6) is 0 Å². The number of hydrogen-bond donors (Lipinski definition) is 1. The third-order valence-electron chi connectivity index (χ3n) is 2.03. The van der Waals surface area contributed by atoms with Crippen LogP contribution in [0.4, 0.5) is 4.79 Å². The molecule has 1 aliphatic rings. The topological polar surface area (TPSA) is 47.6 Å². The first-order chi connectivity index (χ1) is 6.16. The number of carbonyl (C=O) groups is 1. The van der Waals surface area contributed by atoms with Crippen molar-refractivity contribution in [1.29, 1.82) is 0 Å². The summed E-state index contributed by atoms with van der Waals surface area (Å²) in [5.41, 5.74) is 0. The molecular formula is C8H15NO3Si. The molecule has 1 unspecified atom stereocenters. The Hall–Kier alpha value is -0.813. The molecule has 0 radical (unpaired) electrons. The quantitative estimate of drug-likeness (QED) is 0.508. The van der Waals surface area contributed by atoms with Gasteiger partial charge in [0.05, 0.1) is 16.5 Å². The van der Waals surface area contributed by atoms with Gasteiger partial charge in [0.25, 0.3) is 0 Å². The zero-order valence-electron chi connectivity index (χ0n) is 7.84. The highest BCUT2D eigenvalue weighted by Crippen LogP contribution is 2.18. The number of rotatable bonds is 2. The van der Waals surface area contributed by atoms with Crippen LogP contribution >= 0.6 is 0 Å². The van der Waals surface area contributed by atoms with Crippen LogP contribution in [0.1, 0.15) is 19.3 Å². The lowest BCUT2D eigenvalue weighted by atomic mass is 10.2. The van der Waals surface area contributed by atoms with E-state index in [0.29, 0.717) is 0 Å². The smallest absolute Gasteiger partial charge is 0.413 e. The molecule has 4 nitrogen and oxygen atoms in total. The first-order valence-electron chi connectivity index (χ1n) is 4.40. The van der Waals surface area contributed by atoms with Crippen molar-refractivity contribution in [1.82, 2.24) is 5.32 Å². The number of amides is 1. The van der Waals surface area contributed by atoms with Gasteiger partial charge in [-0.1, -0.05) is 6.58 Å². The van der Waals surface area contributed by atoms with Crippen molar-refractivity contribution in [2.75, 3.05) is 6.61 Å². The molecule has 0 aliphatic carbocycles. The molecule has 0 spiro atoms. The van der Waals surface area contributed by atoms with Gasteiger partial charge in [-0.05, 0) is 19.3 Å². The predicted molar refractivity (Wildman–Crippen MR) is 52.3 cm³/mol. The highest BCUT2D eigenvalue weighted by molar-refractivity contribution is 6.15. The fourth-order valence-electron chi connectivity index (χ4n) is 1.35. The van der Waals surface area contributed by atoms with Crippen LogP contribution < -0.4 is 5.32 Å². The van der Waals surface area contributed by atoms with Gasteiger partial charge in [-0.15, -0.1) is 0 Å². The molecule has 0 bridgehead atoms. The molecular weight excluding hydrogens is 186 g/mol. The van der Waals surface area contributed by atoms with Gasteiger partial charge in [-0.3, -0.25) is 5.32 Å². The van der Waals surface area contributed by atoms with Crippen molar-refractivity contribution in [2.45, 2.75) is 24.6 Å². The molecule has 1 atom stereocenters. The minimum atomic E-state index is -0.480. The summed E-state index contributed by atoms with van der Waals surface area (Å²) in [4.78, 5) is 11.1. The third-order valence-corrected chi connectivity index (χ3v) is 3.06. The van der Waals surface area contributed by atoms with Gasteiger partial charge >= 0.3 is 6.09 Å². The van der Waals surface area contributed by atoms with Crippen LogP contribution in [0.15, 0.2) is 12.8 Å². The normalized spacial score (nSPS) is 28.0. The van der Waals surface area contributed by atoms with E-state index in [1.54, 1.807) is 0 Å². The van der Waals surface area contributed by atoms with Gasteiger partial charge in [0.1, 0.15) is 5.35 Å². The molecule has 0 aromatic rings. The molecule has 1 rings (SSSR count). The van der Waals surface area contributed by atoms with Crippen LogP contribution in [-0.4, -0.2) is 28.3 Å². The van der Waals surface area contributed by atoms with E-state index in [2.05, 4.69) is 16.6 Å². The fourth-order valence-corrected chi connectivity index (χ4v) is 2.12. The molecule has 74 valence electrons. The van der Waals surface area contributed by atoms with E-state index in [-0.39, 0.29) is 0 Å². The third kappa shape index (κ3) is 3.20. The van der Waals surface area contributed by atoms with Crippen LogP contribution in [0.3, 0.4) is 0 Å². The molecule has 1 N–H and O–H groups in total. The summed E-state index contributed by atoms with van der Waals surface area (Å²) in [6.45, 7) is 4.02. The molecule has 1 fully saturated rings. The van der Waals surface area contributed by atoms with E-state index in [9.17, 15) is 4.79 Å². The van der Waals surface area contributed by atoms with Crippen molar-refractivity contribution in [3.05, 3.63) is 12.8 Å². The summed E-state index contributed by atoms with van der Waals surface area (Å²) in [6.07, 6.45) is 3.68. The Morgan fingerprint density at radius 3 is 3.00 bits per heavy atom. The van der Waals surface area contributed by atoms with Gasteiger partial charge in [0.15, 0.2) is 0 Å². The van der Waals surface area contributed by atoms with Gasteiger partial charge in [0.2, 0.25) is 0 Å². The van der Waals surface area contributed by atoms with Crippen molar-refractivity contribution in [3.63, 3.8) is 0 Å². The average Bonchev–Trinajstić information content (AvgIpc) is 2.04. The summed E-state index contributed by atoms with van der Waals surface area (Å²) in [5.74, 6) is 0. The standard InChI is InChI=1S/C8H15NO3Si/c1-2-11-7(10)9-8(13)5-3-4-6-12-8/h2H,1,3-6H2,13H3,(H,9,10). The second-order valence-electron chi connectivity index (χ2n) is 3.23. The lowest BCUT2D eigenvalue weighted by Gasteiger charge is -2.34. The fraction of sp³-hybridized carbons (Fsp3) is 0.625. The molecule has 1 heterocycles. The van der Waals surface area contributed by atoms with Gasteiger partial charge in [-0.25, -0.2) is 4.79 Å². The predicted octanol–water partition coefficient (Wildman–Crippen LogP) is 0.0758. The van der Waals surface area contributed by atoms with Crippen molar-refractivity contribution < 1.29 is 14.3 Å². The van der Waals surface area contributed by atoms with E-state index in [1.165, 1.54) is 0 Å². The summed E-state index contributed by atoms with van der Waals surface area (Å²) < 4.78 is 10.1. The Morgan fingerprint density at radius 2 is 2.46 bits per heavy atom. The second-order valence-corrected chi connectivity index (χ2v) is 4.85. The average molecular weight is 201 g/mol. The minimum absolute atomic E-state index is 0.432. The monoisotopic (exact) mass is 201 g/mol. The van der Waals surface area contributed by atoms with Crippen LogP contribution in [0.25, 0.3) is 0 Å². The maximum absolute atomic E-state index is 11.1. The number of carbonyl (C=O) groups excluding carboxylic acids is 1. The Labute approximate surface area is 80.7 Å². The van der Waals surface area contributed by atoms with Gasteiger partial charge < -0.3 is 9.47 Å². The van der Waals surface area contributed by atoms with E-state index in [0.717, 1.165) is 42.4 Å². The lowest BCUT2D eigenvalue weighted by Crippen LogP contribution is -2.52. The Balaban J connectivity index is 2.40. The minimum Gasteiger partial charge on any atom is -0.419 e. The van der Waals surface area contributed by atoms with E-state index in [1.807, 2.05) is 0 Å². The van der Waals surface area contributed by atoms with Crippen LogP contribution in [0, 0.1) is 0 Å². The molecule has 1 amide bonds. The molecule has 0 aromatic heterocycles. The number of ether oxygens (including phenoxy) is 2. The largest absolute Gasteiger partial charge is 0.419 e.